The van der Waals surface area contributed by atoms with E-state index < -0.39 is 0 Å². The Labute approximate surface area is 150 Å². The van der Waals surface area contributed by atoms with Gasteiger partial charge in [-0.15, -0.1) is 0 Å². The number of anilines is 1. The van der Waals surface area contributed by atoms with Gasteiger partial charge in [-0.3, -0.25) is 9.59 Å². The summed E-state index contributed by atoms with van der Waals surface area (Å²) in [5.41, 5.74) is -0.198. The topological polar surface area (TPSA) is 115 Å². The summed E-state index contributed by atoms with van der Waals surface area (Å²) in [5, 5.41) is 9.20. The third-order valence-electron chi connectivity index (χ3n) is 4.45. The molecule has 0 spiro atoms. The second-order valence-electron chi connectivity index (χ2n) is 6.43. The van der Waals surface area contributed by atoms with E-state index >= 15 is 0 Å². The van der Waals surface area contributed by atoms with E-state index in [4.69, 9.17) is 0 Å². The number of carbonyl (C=O) groups is 1. The van der Waals surface area contributed by atoms with Gasteiger partial charge in [0.15, 0.2) is 5.82 Å². The molecule has 0 radical (unpaired) electrons. The van der Waals surface area contributed by atoms with Gasteiger partial charge < -0.3 is 19.9 Å². The number of piperidine rings is 1. The fourth-order valence-corrected chi connectivity index (χ4v) is 3.21. The van der Waals surface area contributed by atoms with Gasteiger partial charge >= 0.3 is 0 Å². The molecule has 0 aliphatic carbocycles. The average molecular weight is 358 g/mol. The number of hydrogen-bond donors (Lipinski definition) is 2. The lowest BCUT2D eigenvalue weighted by atomic mass is 9.97. The number of aliphatic hydroxyl groups excluding tert-OH is 1. The van der Waals surface area contributed by atoms with Crippen molar-refractivity contribution in [1.82, 2.24) is 24.8 Å². The molecule has 9 heteroatoms. The van der Waals surface area contributed by atoms with Crippen LogP contribution < -0.4 is 10.5 Å². The molecule has 1 aliphatic heterocycles. The monoisotopic (exact) mass is 358 g/mol. The molecule has 1 unspecified atom stereocenters. The zero-order valence-electron chi connectivity index (χ0n) is 14.6. The van der Waals surface area contributed by atoms with Crippen molar-refractivity contribution >= 4 is 11.7 Å². The zero-order valence-corrected chi connectivity index (χ0v) is 14.6. The van der Waals surface area contributed by atoms with Gasteiger partial charge in [0.1, 0.15) is 18.1 Å². The van der Waals surface area contributed by atoms with Crippen LogP contribution in [0.5, 0.6) is 0 Å². The Balaban J connectivity index is 1.64. The predicted molar refractivity (Wildman–Crippen MR) is 94.7 cm³/mol. The zero-order chi connectivity index (χ0) is 18.5. The Bertz CT molecular complexity index is 824. The van der Waals surface area contributed by atoms with Gasteiger partial charge in [-0.2, -0.15) is 0 Å². The number of aromatic nitrogens is 4. The Morgan fingerprint density at radius 3 is 3.08 bits per heavy atom. The summed E-state index contributed by atoms with van der Waals surface area (Å²) in [4.78, 5) is 42.3. The number of H-pyrrole nitrogens is 1. The third kappa shape index (κ3) is 4.23. The van der Waals surface area contributed by atoms with Crippen LogP contribution in [0.25, 0.3) is 0 Å². The molecule has 0 aromatic carbocycles. The maximum Gasteiger partial charge on any atom is 0.272 e. The predicted octanol–water partition coefficient (Wildman–Crippen LogP) is 0.0408. The van der Waals surface area contributed by atoms with Crippen molar-refractivity contribution in [2.45, 2.75) is 19.4 Å². The highest BCUT2D eigenvalue weighted by Crippen LogP contribution is 2.22. The molecule has 1 saturated heterocycles. The molecule has 1 atom stereocenters. The molecule has 3 rings (SSSR count). The van der Waals surface area contributed by atoms with E-state index in [0.29, 0.717) is 12.4 Å². The van der Waals surface area contributed by atoms with E-state index in [-0.39, 0.29) is 29.7 Å². The van der Waals surface area contributed by atoms with Crippen molar-refractivity contribution in [2.75, 3.05) is 31.6 Å². The van der Waals surface area contributed by atoms with Crippen LogP contribution in [-0.4, -0.2) is 62.5 Å². The number of nitrogens with zero attached hydrogens (tertiary/aromatic N) is 5. The van der Waals surface area contributed by atoms with Gasteiger partial charge in [-0.25, -0.2) is 15.0 Å². The van der Waals surface area contributed by atoms with Crippen LogP contribution in [0.1, 0.15) is 29.2 Å². The van der Waals surface area contributed by atoms with Crippen molar-refractivity contribution in [3.8, 4) is 0 Å². The maximum atomic E-state index is 12.5. The number of rotatable bonds is 5. The van der Waals surface area contributed by atoms with Crippen LogP contribution in [0, 0.1) is 5.92 Å². The second-order valence-corrected chi connectivity index (χ2v) is 6.43. The summed E-state index contributed by atoms with van der Waals surface area (Å²) in [6.45, 7) is 2.03. The number of carbonyl (C=O) groups excluding carboxylic acids is 1. The van der Waals surface area contributed by atoms with E-state index in [1.165, 1.54) is 12.4 Å². The first-order valence-corrected chi connectivity index (χ1v) is 8.54. The van der Waals surface area contributed by atoms with E-state index in [0.717, 1.165) is 31.7 Å². The highest BCUT2D eigenvalue weighted by Gasteiger charge is 2.24. The number of amides is 1. The smallest absolute Gasteiger partial charge is 0.272 e. The Kier molecular flexibility index (Phi) is 5.57. The van der Waals surface area contributed by atoms with Crippen molar-refractivity contribution < 1.29 is 9.90 Å². The molecular weight excluding hydrogens is 336 g/mol. The minimum Gasteiger partial charge on any atom is -0.388 e. The summed E-state index contributed by atoms with van der Waals surface area (Å²) in [7, 11) is 1.72. The highest BCUT2D eigenvalue weighted by molar-refractivity contribution is 5.91. The fourth-order valence-electron chi connectivity index (χ4n) is 3.21. The van der Waals surface area contributed by atoms with E-state index in [1.54, 1.807) is 18.1 Å². The molecule has 1 fully saturated rings. The van der Waals surface area contributed by atoms with Gasteiger partial charge in [0.25, 0.3) is 11.5 Å². The molecule has 0 bridgehead atoms. The fraction of sp³-hybridized carbons (Fsp3) is 0.471. The van der Waals surface area contributed by atoms with Gasteiger partial charge in [-0.1, -0.05) is 0 Å². The first-order chi connectivity index (χ1) is 12.6. The molecule has 1 aliphatic rings. The third-order valence-corrected chi connectivity index (χ3v) is 4.45. The van der Waals surface area contributed by atoms with Crippen LogP contribution in [0.2, 0.25) is 0 Å². The van der Waals surface area contributed by atoms with Crippen molar-refractivity contribution in [1.29, 1.82) is 0 Å². The molecular formula is C17H22N6O3. The normalized spacial score (nSPS) is 17.2. The molecule has 26 heavy (non-hydrogen) atoms. The molecule has 138 valence electrons. The highest BCUT2D eigenvalue weighted by atomic mass is 16.3. The quantitative estimate of drug-likeness (QED) is 0.775. The Morgan fingerprint density at radius 2 is 2.31 bits per heavy atom. The molecule has 3 heterocycles. The van der Waals surface area contributed by atoms with Crippen molar-refractivity contribution in [3.63, 3.8) is 0 Å². The largest absolute Gasteiger partial charge is 0.388 e. The molecule has 2 aromatic rings. The van der Waals surface area contributed by atoms with Gasteiger partial charge in [-0.05, 0) is 24.8 Å². The molecule has 1 amide bonds. The van der Waals surface area contributed by atoms with Crippen LogP contribution in [0.4, 0.5) is 5.82 Å². The molecule has 2 N–H and O–H groups in total. The van der Waals surface area contributed by atoms with Gasteiger partial charge in [0.05, 0.1) is 6.33 Å². The SMILES string of the molecule is CN(CC1CCCN(c2ccnc(CO)n2)C1)C(=O)c1cc(=O)[nH]cn1. The summed E-state index contributed by atoms with van der Waals surface area (Å²) >= 11 is 0. The Morgan fingerprint density at radius 1 is 1.46 bits per heavy atom. The number of nitrogens with one attached hydrogen (secondary N) is 1. The van der Waals surface area contributed by atoms with Gasteiger partial charge in [0, 0.05) is 38.9 Å². The minimum absolute atomic E-state index is 0.146. The summed E-state index contributed by atoms with van der Waals surface area (Å²) in [6, 6.07) is 3.04. The minimum atomic E-state index is -0.343. The summed E-state index contributed by atoms with van der Waals surface area (Å²) in [5.74, 6) is 1.21. The lowest BCUT2D eigenvalue weighted by Crippen LogP contribution is -2.42. The van der Waals surface area contributed by atoms with E-state index in [2.05, 4.69) is 24.8 Å². The first kappa shape index (κ1) is 18.0. The average Bonchev–Trinajstić information content (AvgIpc) is 2.67. The molecule has 2 aromatic heterocycles. The van der Waals surface area contributed by atoms with E-state index in [1.807, 2.05) is 6.07 Å². The van der Waals surface area contributed by atoms with E-state index in [9.17, 15) is 14.7 Å². The van der Waals surface area contributed by atoms with Crippen LogP contribution in [0.3, 0.4) is 0 Å². The number of hydrogen-bond acceptors (Lipinski definition) is 7. The van der Waals surface area contributed by atoms with Crippen LogP contribution in [0.15, 0.2) is 29.5 Å². The summed E-state index contributed by atoms with van der Waals surface area (Å²) < 4.78 is 0. The Hall–Kier alpha value is -2.81. The first-order valence-electron chi connectivity index (χ1n) is 8.54. The van der Waals surface area contributed by atoms with Crippen molar-refractivity contribution in [2.24, 2.45) is 5.92 Å². The number of aliphatic hydroxyl groups is 1. The standard InChI is InChI=1S/C17H22N6O3/c1-22(17(26)13-7-16(25)20-11-19-13)8-12-3-2-6-23(9-12)15-4-5-18-14(10-24)21-15/h4-5,7,11-12,24H,2-3,6,8-10H2,1H3,(H,19,20,25). The maximum absolute atomic E-state index is 12.5. The van der Waals surface area contributed by atoms with Crippen LogP contribution >= 0.6 is 0 Å². The number of aromatic amines is 1. The van der Waals surface area contributed by atoms with Crippen LogP contribution in [-0.2, 0) is 6.61 Å². The molecule has 9 nitrogen and oxygen atoms in total. The lowest BCUT2D eigenvalue weighted by molar-refractivity contribution is 0.0761. The summed E-state index contributed by atoms with van der Waals surface area (Å²) in [6.07, 6.45) is 4.88. The lowest BCUT2D eigenvalue weighted by Gasteiger charge is -2.35. The molecule has 0 saturated carbocycles. The second kappa shape index (κ2) is 8.05. The van der Waals surface area contributed by atoms with Gasteiger partial charge in [0.2, 0.25) is 0 Å². The van der Waals surface area contributed by atoms with Crippen molar-refractivity contribution in [3.05, 3.63) is 46.5 Å².